The van der Waals surface area contributed by atoms with E-state index in [4.69, 9.17) is 16.2 Å². The molecule has 0 bridgehead atoms. The average Bonchev–Trinajstić information content (AvgIpc) is 2.35. The van der Waals surface area contributed by atoms with Crippen molar-refractivity contribution in [1.82, 2.24) is 0 Å². The molecule has 0 heterocycles. The molecular formula is C14H24N2O. The van der Waals surface area contributed by atoms with Crippen molar-refractivity contribution in [1.29, 1.82) is 0 Å². The van der Waals surface area contributed by atoms with Crippen LogP contribution in [0.3, 0.4) is 0 Å². The molecule has 96 valence electrons. The summed E-state index contributed by atoms with van der Waals surface area (Å²) >= 11 is 0. The molecule has 0 saturated carbocycles. The fourth-order valence-electron chi connectivity index (χ4n) is 1.82. The second kappa shape index (κ2) is 6.03. The second-order valence-electron chi connectivity index (χ2n) is 4.89. The summed E-state index contributed by atoms with van der Waals surface area (Å²) in [4.78, 5) is 0. The topological polar surface area (TPSA) is 61.3 Å². The largest absolute Gasteiger partial charge is 0.496 e. The Morgan fingerprint density at radius 2 is 1.88 bits per heavy atom. The minimum Gasteiger partial charge on any atom is -0.496 e. The molecule has 2 atom stereocenters. The molecule has 0 fully saturated rings. The van der Waals surface area contributed by atoms with Gasteiger partial charge in [0.15, 0.2) is 0 Å². The molecule has 0 amide bonds. The van der Waals surface area contributed by atoms with E-state index >= 15 is 0 Å². The van der Waals surface area contributed by atoms with Gasteiger partial charge < -0.3 is 16.2 Å². The predicted molar refractivity (Wildman–Crippen MR) is 72.2 cm³/mol. The zero-order chi connectivity index (χ0) is 13.0. The minimum absolute atomic E-state index is 0.0730. The summed E-state index contributed by atoms with van der Waals surface area (Å²) in [6.45, 7) is 6.96. The number of rotatable bonds is 5. The number of methoxy groups -OCH3 is 1. The highest BCUT2D eigenvalue weighted by atomic mass is 16.5. The molecule has 0 aliphatic rings. The van der Waals surface area contributed by atoms with Gasteiger partial charge in [0.05, 0.1) is 7.11 Å². The summed E-state index contributed by atoms with van der Waals surface area (Å²) in [6.07, 6.45) is 0. The second-order valence-corrected chi connectivity index (χ2v) is 4.89. The third kappa shape index (κ3) is 3.20. The lowest BCUT2D eigenvalue weighted by molar-refractivity contribution is 0.392. The van der Waals surface area contributed by atoms with Crippen molar-refractivity contribution in [2.45, 2.75) is 32.7 Å². The van der Waals surface area contributed by atoms with Gasteiger partial charge in [-0.3, -0.25) is 0 Å². The van der Waals surface area contributed by atoms with E-state index in [1.807, 2.05) is 0 Å². The van der Waals surface area contributed by atoms with Gasteiger partial charge in [-0.25, -0.2) is 0 Å². The molecule has 4 N–H and O–H groups in total. The molecule has 2 unspecified atom stereocenters. The third-order valence-corrected chi connectivity index (χ3v) is 3.27. The van der Waals surface area contributed by atoms with E-state index in [1.165, 1.54) is 5.56 Å². The Bertz CT molecular complexity index is 363. The zero-order valence-electron chi connectivity index (χ0n) is 11.2. The number of hydrogen-bond acceptors (Lipinski definition) is 3. The van der Waals surface area contributed by atoms with Crippen molar-refractivity contribution < 1.29 is 4.74 Å². The molecule has 1 rings (SSSR count). The van der Waals surface area contributed by atoms with Gasteiger partial charge in [-0.2, -0.15) is 0 Å². The van der Waals surface area contributed by atoms with Crippen LogP contribution in [-0.2, 0) is 0 Å². The maximum absolute atomic E-state index is 6.19. The molecular weight excluding hydrogens is 212 g/mol. The van der Waals surface area contributed by atoms with Crippen molar-refractivity contribution >= 4 is 0 Å². The van der Waals surface area contributed by atoms with Gasteiger partial charge in [-0.15, -0.1) is 0 Å². The third-order valence-electron chi connectivity index (χ3n) is 3.27. The first kappa shape index (κ1) is 14.0. The number of hydrogen-bond donors (Lipinski definition) is 2. The van der Waals surface area contributed by atoms with Gasteiger partial charge in [0, 0.05) is 11.6 Å². The van der Waals surface area contributed by atoms with Crippen LogP contribution < -0.4 is 16.2 Å². The van der Waals surface area contributed by atoms with Crippen LogP contribution in [0.4, 0.5) is 0 Å². The fourth-order valence-corrected chi connectivity index (χ4v) is 1.82. The Morgan fingerprint density at radius 3 is 2.35 bits per heavy atom. The van der Waals surface area contributed by atoms with Crippen LogP contribution in [0.1, 0.15) is 43.9 Å². The smallest absolute Gasteiger partial charge is 0.123 e. The lowest BCUT2D eigenvalue weighted by atomic mass is 9.92. The number of benzene rings is 1. The highest BCUT2D eigenvalue weighted by Crippen LogP contribution is 2.31. The average molecular weight is 236 g/mol. The molecule has 3 heteroatoms. The molecule has 0 aromatic heterocycles. The molecule has 0 aliphatic heterocycles. The summed E-state index contributed by atoms with van der Waals surface area (Å²) in [5.41, 5.74) is 14.1. The van der Waals surface area contributed by atoms with E-state index in [-0.39, 0.29) is 12.0 Å². The Balaban J connectivity index is 3.08. The normalized spacial score (nSPS) is 14.8. The molecule has 0 radical (unpaired) electrons. The molecule has 3 nitrogen and oxygen atoms in total. The quantitative estimate of drug-likeness (QED) is 0.825. The monoisotopic (exact) mass is 236 g/mol. The maximum atomic E-state index is 6.19. The Kier molecular flexibility index (Phi) is 4.97. The van der Waals surface area contributed by atoms with Gasteiger partial charge in [-0.1, -0.05) is 32.9 Å². The van der Waals surface area contributed by atoms with E-state index < -0.39 is 0 Å². The van der Waals surface area contributed by atoms with E-state index in [2.05, 4.69) is 39.0 Å². The van der Waals surface area contributed by atoms with Gasteiger partial charge in [0.1, 0.15) is 5.75 Å². The standard InChI is InChI=1S/C14H24N2O/c1-9(2)11-5-6-12(13(7-11)17-4)14(16)10(3)8-15/h5-7,9-10,14H,8,15-16H2,1-4H3. The Labute approximate surface area is 104 Å². The lowest BCUT2D eigenvalue weighted by Gasteiger charge is -2.22. The lowest BCUT2D eigenvalue weighted by Crippen LogP contribution is -2.26. The molecule has 0 spiro atoms. The van der Waals surface area contributed by atoms with Crippen LogP contribution in [0.2, 0.25) is 0 Å². The van der Waals surface area contributed by atoms with Crippen LogP contribution in [0, 0.1) is 5.92 Å². The van der Waals surface area contributed by atoms with Crippen LogP contribution in [0.25, 0.3) is 0 Å². The summed E-state index contributed by atoms with van der Waals surface area (Å²) in [7, 11) is 1.68. The first-order valence-electron chi connectivity index (χ1n) is 6.14. The fraction of sp³-hybridized carbons (Fsp3) is 0.571. The van der Waals surface area contributed by atoms with Gasteiger partial charge in [0.2, 0.25) is 0 Å². The van der Waals surface area contributed by atoms with Crippen molar-refractivity contribution in [3.63, 3.8) is 0 Å². The summed E-state index contributed by atoms with van der Waals surface area (Å²) < 4.78 is 5.43. The molecule has 1 aromatic rings. The van der Waals surface area contributed by atoms with E-state index in [1.54, 1.807) is 7.11 Å². The highest BCUT2D eigenvalue weighted by Gasteiger charge is 2.18. The molecule has 0 aliphatic carbocycles. The number of nitrogens with two attached hydrogens (primary N) is 2. The van der Waals surface area contributed by atoms with Crippen molar-refractivity contribution in [3.05, 3.63) is 29.3 Å². The van der Waals surface area contributed by atoms with Gasteiger partial charge in [-0.05, 0) is 30.0 Å². The first-order valence-corrected chi connectivity index (χ1v) is 6.14. The van der Waals surface area contributed by atoms with Crippen LogP contribution in [-0.4, -0.2) is 13.7 Å². The van der Waals surface area contributed by atoms with Crippen molar-refractivity contribution in [2.24, 2.45) is 17.4 Å². The predicted octanol–water partition coefficient (Wildman–Crippen LogP) is 2.41. The summed E-state index contributed by atoms with van der Waals surface area (Å²) in [5, 5.41) is 0. The Morgan fingerprint density at radius 1 is 1.24 bits per heavy atom. The SMILES string of the molecule is COc1cc(C(C)C)ccc1C(N)C(C)CN. The van der Waals surface area contributed by atoms with Gasteiger partial charge in [0.25, 0.3) is 0 Å². The van der Waals surface area contributed by atoms with Crippen LogP contribution in [0.15, 0.2) is 18.2 Å². The molecule has 17 heavy (non-hydrogen) atoms. The van der Waals surface area contributed by atoms with Crippen molar-refractivity contribution in [3.8, 4) is 5.75 Å². The first-order chi connectivity index (χ1) is 8.01. The van der Waals surface area contributed by atoms with E-state index in [9.17, 15) is 0 Å². The van der Waals surface area contributed by atoms with E-state index in [0.29, 0.717) is 12.5 Å². The van der Waals surface area contributed by atoms with E-state index in [0.717, 1.165) is 11.3 Å². The Hall–Kier alpha value is -1.06. The zero-order valence-corrected chi connectivity index (χ0v) is 11.2. The number of ether oxygens (including phenoxy) is 1. The highest BCUT2D eigenvalue weighted by molar-refractivity contribution is 5.40. The minimum atomic E-state index is -0.0730. The summed E-state index contributed by atoms with van der Waals surface area (Å²) in [6, 6.07) is 6.18. The van der Waals surface area contributed by atoms with Crippen LogP contribution >= 0.6 is 0 Å². The summed E-state index contributed by atoms with van der Waals surface area (Å²) in [5.74, 6) is 1.60. The van der Waals surface area contributed by atoms with Crippen molar-refractivity contribution in [2.75, 3.05) is 13.7 Å². The van der Waals surface area contributed by atoms with Gasteiger partial charge >= 0.3 is 0 Å². The molecule has 0 saturated heterocycles. The molecule has 1 aromatic carbocycles. The maximum Gasteiger partial charge on any atom is 0.123 e. The van der Waals surface area contributed by atoms with Crippen LogP contribution in [0.5, 0.6) is 5.75 Å².